The van der Waals surface area contributed by atoms with Gasteiger partial charge in [0.05, 0.1) is 22.2 Å². The Hall–Kier alpha value is -2.14. The average molecular weight is 371 g/mol. The fraction of sp³-hybridized carbons (Fsp3) is 0.222. The van der Waals surface area contributed by atoms with Crippen LogP contribution < -0.4 is 5.32 Å². The van der Waals surface area contributed by atoms with Gasteiger partial charge in [-0.15, -0.1) is 0 Å². The maximum Gasteiger partial charge on any atom is 0.274 e. The molecule has 5 heteroatoms. The second kappa shape index (κ2) is 5.49. The van der Waals surface area contributed by atoms with Crippen LogP contribution in [0.15, 0.2) is 59.1 Å². The number of para-hydroxylation sites is 2. The molecule has 4 nitrogen and oxygen atoms in total. The summed E-state index contributed by atoms with van der Waals surface area (Å²) in [6.07, 6.45) is 5.35. The van der Waals surface area contributed by atoms with E-state index < -0.39 is 0 Å². The highest BCUT2D eigenvalue weighted by atomic mass is 79.9. The van der Waals surface area contributed by atoms with Crippen molar-refractivity contribution >= 4 is 27.3 Å². The van der Waals surface area contributed by atoms with E-state index in [4.69, 9.17) is 0 Å². The molecular formula is C18H15BrN2O2. The number of nitrogens with zero attached hydrogens (tertiary/aromatic N) is 1. The summed E-state index contributed by atoms with van der Waals surface area (Å²) in [6.45, 7) is 0. The predicted molar refractivity (Wildman–Crippen MR) is 93.6 cm³/mol. The van der Waals surface area contributed by atoms with Crippen molar-refractivity contribution in [3.63, 3.8) is 0 Å². The number of anilines is 1. The van der Waals surface area contributed by atoms with Crippen LogP contribution in [0.5, 0.6) is 0 Å². The number of allylic oxidation sites excluding steroid dienone is 2. The summed E-state index contributed by atoms with van der Waals surface area (Å²) < 4.78 is 0.998. The summed E-state index contributed by atoms with van der Waals surface area (Å²) in [5, 5.41) is 15.0. The average Bonchev–Trinajstić information content (AvgIpc) is 3.04. The molecule has 3 unspecified atom stereocenters. The number of nitro benzene ring substituents is 1. The minimum absolute atomic E-state index is 0.0669. The lowest BCUT2D eigenvalue weighted by molar-refractivity contribution is -0.385. The minimum Gasteiger partial charge on any atom is -0.376 e. The van der Waals surface area contributed by atoms with Gasteiger partial charge in [0.15, 0.2) is 0 Å². The Morgan fingerprint density at radius 2 is 1.91 bits per heavy atom. The highest BCUT2D eigenvalue weighted by Gasteiger charge is 2.40. The van der Waals surface area contributed by atoms with Crippen LogP contribution >= 0.6 is 15.9 Å². The molecular weight excluding hydrogens is 356 g/mol. The molecule has 1 N–H and O–H groups in total. The van der Waals surface area contributed by atoms with E-state index in [0.29, 0.717) is 11.8 Å². The lowest BCUT2D eigenvalue weighted by Gasteiger charge is -2.37. The monoisotopic (exact) mass is 370 g/mol. The normalized spacial score (nSPS) is 24.7. The van der Waals surface area contributed by atoms with Gasteiger partial charge in [0.2, 0.25) is 0 Å². The summed E-state index contributed by atoms with van der Waals surface area (Å²) in [4.78, 5) is 11.1. The van der Waals surface area contributed by atoms with Crippen LogP contribution in [0.1, 0.15) is 29.5 Å². The molecule has 3 atom stereocenters. The Bertz CT molecular complexity index is 818. The van der Waals surface area contributed by atoms with Gasteiger partial charge in [-0.2, -0.15) is 0 Å². The van der Waals surface area contributed by atoms with Gasteiger partial charge in [0, 0.05) is 16.5 Å². The Morgan fingerprint density at radius 3 is 2.74 bits per heavy atom. The third-order valence-corrected chi connectivity index (χ3v) is 5.48. The number of nitro groups is 1. The molecule has 0 saturated heterocycles. The number of fused-ring (bicyclic) bond motifs is 3. The predicted octanol–water partition coefficient (Wildman–Crippen LogP) is 5.18. The Balaban J connectivity index is 1.86. The second-order valence-electron chi connectivity index (χ2n) is 6.00. The molecule has 0 bridgehead atoms. The number of halogens is 1. The van der Waals surface area contributed by atoms with E-state index in [1.807, 2.05) is 24.3 Å². The molecule has 0 aromatic heterocycles. The molecule has 2 aromatic rings. The molecule has 4 rings (SSSR count). The molecule has 0 radical (unpaired) electrons. The Labute approximate surface area is 142 Å². The molecule has 1 heterocycles. The summed E-state index contributed by atoms with van der Waals surface area (Å²) in [6, 6.07) is 13.2. The summed E-state index contributed by atoms with van der Waals surface area (Å²) >= 11 is 3.61. The SMILES string of the molecule is O=[N+]([O-])c1ccccc1C1Nc2c(Br)cccc2C2C=CCC21. The molecule has 1 aliphatic carbocycles. The van der Waals surface area contributed by atoms with E-state index in [1.54, 1.807) is 12.1 Å². The topological polar surface area (TPSA) is 55.2 Å². The molecule has 116 valence electrons. The van der Waals surface area contributed by atoms with Crippen molar-refractivity contribution in [3.05, 3.63) is 80.3 Å². The van der Waals surface area contributed by atoms with Crippen LogP contribution in [0.4, 0.5) is 11.4 Å². The van der Waals surface area contributed by atoms with Gasteiger partial charge in [-0.1, -0.05) is 42.5 Å². The molecule has 0 amide bonds. The highest BCUT2D eigenvalue weighted by Crippen LogP contribution is 2.52. The molecule has 2 aliphatic rings. The van der Waals surface area contributed by atoms with Crippen LogP contribution in [0.3, 0.4) is 0 Å². The largest absolute Gasteiger partial charge is 0.376 e. The summed E-state index contributed by atoms with van der Waals surface area (Å²) in [5.41, 5.74) is 3.25. The lowest BCUT2D eigenvalue weighted by atomic mass is 9.77. The van der Waals surface area contributed by atoms with E-state index in [1.165, 1.54) is 5.56 Å². The van der Waals surface area contributed by atoms with Gasteiger partial charge in [-0.25, -0.2) is 0 Å². The highest BCUT2D eigenvalue weighted by molar-refractivity contribution is 9.10. The van der Waals surface area contributed by atoms with Crippen LogP contribution in [0, 0.1) is 16.0 Å². The summed E-state index contributed by atoms with van der Waals surface area (Å²) in [5.74, 6) is 0.603. The zero-order valence-electron chi connectivity index (χ0n) is 12.3. The zero-order chi connectivity index (χ0) is 16.0. The first-order valence-electron chi connectivity index (χ1n) is 7.61. The Kier molecular flexibility index (Phi) is 3.45. The standard InChI is InChI=1S/C18H15BrN2O2/c19-15-9-4-8-13-11-6-3-7-12(11)17(20-18(13)15)14-5-1-2-10-16(14)21(22)23/h1-6,8-12,17,20H,7H2. The van der Waals surface area contributed by atoms with Gasteiger partial charge in [-0.05, 0) is 39.9 Å². The first kappa shape index (κ1) is 14.5. The fourth-order valence-electron chi connectivity index (χ4n) is 3.81. The first-order valence-corrected chi connectivity index (χ1v) is 8.41. The molecule has 0 fully saturated rings. The maximum absolute atomic E-state index is 11.4. The van der Waals surface area contributed by atoms with Gasteiger partial charge >= 0.3 is 0 Å². The second-order valence-corrected chi connectivity index (χ2v) is 6.85. The number of nitrogens with one attached hydrogen (secondary N) is 1. The van der Waals surface area contributed by atoms with Crippen LogP contribution in [-0.2, 0) is 0 Å². The zero-order valence-corrected chi connectivity index (χ0v) is 13.9. The maximum atomic E-state index is 11.4. The smallest absolute Gasteiger partial charge is 0.274 e. The fourth-order valence-corrected chi connectivity index (χ4v) is 4.30. The van der Waals surface area contributed by atoms with Gasteiger partial charge in [0.1, 0.15) is 0 Å². The number of benzene rings is 2. The quantitative estimate of drug-likeness (QED) is 0.449. The van der Waals surface area contributed by atoms with Crippen LogP contribution in [-0.4, -0.2) is 4.92 Å². The van der Waals surface area contributed by atoms with Crippen LogP contribution in [0.2, 0.25) is 0 Å². The van der Waals surface area contributed by atoms with E-state index in [0.717, 1.165) is 22.1 Å². The lowest BCUT2D eigenvalue weighted by Crippen LogP contribution is -2.29. The molecule has 0 spiro atoms. The Morgan fingerprint density at radius 1 is 1.13 bits per heavy atom. The van der Waals surface area contributed by atoms with Crippen molar-refractivity contribution in [2.24, 2.45) is 5.92 Å². The van der Waals surface area contributed by atoms with E-state index in [2.05, 4.69) is 39.5 Å². The van der Waals surface area contributed by atoms with Crippen LogP contribution in [0.25, 0.3) is 0 Å². The minimum atomic E-state index is -0.288. The molecule has 0 saturated carbocycles. The van der Waals surface area contributed by atoms with Crippen molar-refractivity contribution in [3.8, 4) is 0 Å². The number of hydrogen-bond donors (Lipinski definition) is 1. The first-order chi connectivity index (χ1) is 11.2. The van der Waals surface area contributed by atoms with E-state index in [9.17, 15) is 10.1 Å². The molecule has 2 aromatic carbocycles. The third kappa shape index (κ3) is 2.27. The van der Waals surface area contributed by atoms with Gasteiger partial charge < -0.3 is 5.32 Å². The van der Waals surface area contributed by atoms with Crippen molar-refractivity contribution in [2.45, 2.75) is 18.4 Å². The third-order valence-electron chi connectivity index (χ3n) is 4.81. The van der Waals surface area contributed by atoms with Gasteiger partial charge in [0.25, 0.3) is 5.69 Å². The van der Waals surface area contributed by atoms with E-state index >= 15 is 0 Å². The van der Waals surface area contributed by atoms with Crippen molar-refractivity contribution in [2.75, 3.05) is 5.32 Å². The molecule has 23 heavy (non-hydrogen) atoms. The van der Waals surface area contributed by atoms with Crippen molar-refractivity contribution in [1.82, 2.24) is 0 Å². The van der Waals surface area contributed by atoms with Crippen molar-refractivity contribution < 1.29 is 4.92 Å². The summed E-state index contributed by atoms with van der Waals surface area (Å²) in [7, 11) is 0. The number of rotatable bonds is 2. The van der Waals surface area contributed by atoms with E-state index in [-0.39, 0.29) is 16.7 Å². The molecule has 1 aliphatic heterocycles. The van der Waals surface area contributed by atoms with Crippen molar-refractivity contribution in [1.29, 1.82) is 0 Å². The van der Waals surface area contributed by atoms with Gasteiger partial charge in [-0.3, -0.25) is 10.1 Å². The number of hydrogen-bond acceptors (Lipinski definition) is 3.